The van der Waals surface area contributed by atoms with Crippen LogP contribution in [0, 0.1) is 0 Å². The van der Waals surface area contributed by atoms with Crippen LogP contribution >= 0.6 is 0 Å². The molecule has 4 rings (SSSR count). The minimum absolute atomic E-state index is 0.271. The number of aromatic nitrogens is 2. The monoisotopic (exact) mass is 556 g/mol. The predicted octanol–water partition coefficient (Wildman–Crippen LogP) is 6.45. The normalized spacial score (nSPS) is 14.4. The summed E-state index contributed by atoms with van der Waals surface area (Å²) >= 11 is 0. The largest absolute Gasteiger partial charge is 0.465 e. The van der Waals surface area contributed by atoms with E-state index in [4.69, 9.17) is 9.72 Å². The maximum atomic E-state index is 13.7. The molecule has 0 N–H and O–H groups in total. The van der Waals surface area contributed by atoms with Crippen LogP contribution in [-0.2, 0) is 29.0 Å². The van der Waals surface area contributed by atoms with Crippen molar-refractivity contribution < 1.29 is 19.1 Å². The van der Waals surface area contributed by atoms with Gasteiger partial charge in [0.05, 0.1) is 31.1 Å². The first-order chi connectivity index (χ1) is 20.0. The summed E-state index contributed by atoms with van der Waals surface area (Å²) in [6.07, 6.45) is 10.3. The Balaban J connectivity index is 1.68. The minimum Gasteiger partial charge on any atom is -0.465 e. The fourth-order valence-corrected chi connectivity index (χ4v) is 4.99. The summed E-state index contributed by atoms with van der Waals surface area (Å²) in [7, 11) is 1.37. The van der Waals surface area contributed by atoms with Crippen LogP contribution in [0.5, 0.6) is 0 Å². The lowest BCUT2D eigenvalue weighted by Crippen LogP contribution is -2.33. The third-order valence-electron chi connectivity index (χ3n) is 7.36. The molecule has 0 aliphatic carbocycles. The van der Waals surface area contributed by atoms with Gasteiger partial charge in [-0.25, -0.2) is 14.6 Å². The molecule has 1 fully saturated rings. The number of ether oxygens (including phenoxy) is 1. The first kappa shape index (κ1) is 29.8. The number of hydrogen-bond donors (Lipinski definition) is 0. The smallest absolute Gasteiger partial charge is 0.337 e. The van der Waals surface area contributed by atoms with Crippen LogP contribution < -0.4 is 0 Å². The van der Waals surface area contributed by atoms with Crippen LogP contribution in [0.1, 0.15) is 85.4 Å². The van der Waals surface area contributed by atoms with Gasteiger partial charge in [-0.15, -0.1) is 0 Å². The van der Waals surface area contributed by atoms with E-state index in [0.29, 0.717) is 30.9 Å². The van der Waals surface area contributed by atoms with Gasteiger partial charge in [0.15, 0.2) is 0 Å². The summed E-state index contributed by atoms with van der Waals surface area (Å²) in [5.41, 5.74) is 3.55. The van der Waals surface area contributed by atoms with Crippen molar-refractivity contribution in [2.24, 2.45) is 0 Å². The molecule has 1 aromatic heterocycles. The van der Waals surface area contributed by atoms with Gasteiger partial charge in [0.25, 0.3) is 5.91 Å². The second kappa shape index (κ2) is 14.4. The number of esters is 1. The van der Waals surface area contributed by atoms with Crippen LogP contribution in [0.15, 0.2) is 66.5 Å². The fraction of sp³-hybridized carbons (Fsp3) is 0.394. The summed E-state index contributed by atoms with van der Waals surface area (Å²) < 4.78 is 6.92. The lowest BCUT2D eigenvalue weighted by atomic mass is 10.1. The molecule has 2 heterocycles. The number of imidazole rings is 1. The third-order valence-corrected chi connectivity index (χ3v) is 7.36. The highest BCUT2D eigenvalue weighted by Crippen LogP contribution is 2.27. The number of imide groups is 1. The zero-order valence-corrected chi connectivity index (χ0v) is 24.3. The molecule has 1 aliphatic heterocycles. The number of unbranched alkanes of at least 4 members (excludes halogenated alkanes) is 4. The Labute approximate surface area is 242 Å². The number of rotatable bonds is 14. The van der Waals surface area contributed by atoms with Crippen LogP contribution in [0.2, 0.25) is 0 Å². The van der Waals surface area contributed by atoms with Crippen molar-refractivity contribution in [1.29, 1.82) is 0 Å². The van der Waals surface area contributed by atoms with Gasteiger partial charge in [-0.3, -0.25) is 14.6 Å². The second-order valence-corrected chi connectivity index (χ2v) is 10.4. The standard InChI is InChI=1S/C33H40N4O4/c1-4-6-8-12-20-35-31(38)29(37(33(35)40)24-25-13-10-9-11-14-25)21-28-22-34-30(15-7-5-2)36(28)23-26-16-18-27(19-17-26)32(39)41-3/h9-11,13-14,16-19,21-22H,4-8,12,15,20,23-24H2,1-3H3/b29-21-. The molecular weight excluding hydrogens is 516 g/mol. The number of amides is 3. The van der Waals surface area contributed by atoms with Crippen molar-refractivity contribution in [1.82, 2.24) is 19.4 Å². The van der Waals surface area contributed by atoms with Crippen LogP contribution in [-0.4, -0.2) is 50.9 Å². The van der Waals surface area contributed by atoms with E-state index in [1.165, 1.54) is 12.0 Å². The molecule has 1 aliphatic rings. The summed E-state index contributed by atoms with van der Waals surface area (Å²) in [5.74, 6) is 0.265. The molecule has 0 saturated carbocycles. The zero-order valence-electron chi connectivity index (χ0n) is 24.3. The number of urea groups is 1. The first-order valence-electron chi connectivity index (χ1n) is 14.6. The molecule has 0 spiro atoms. The highest BCUT2D eigenvalue weighted by molar-refractivity contribution is 6.13. The van der Waals surface area contributed by atoms with Gasteiger partial charge in [0.2, 0.25) is 0 Å². The zero-order chi connectivity index (χ0) is 29.2. The number of carbonyl (C=O) groups excluding carboxylic acids is 3. The van der Waals surface area contributed by atoms with Gasteiger partial charge in [0, 0.05) is 19.5 Å². The van der Waals surface area contributed by atoms with Crippen molar-refractivity contribution in [3.63, 3.8) is 0 Å². The Hall–Kier alpha value is -4.20. The highest BCUT2D eigenvalue weighted by atomic mass is 16.5. The number of benzene rings is 2. The van der Waals surface area contributed by atoms with Crippen LogP contribution in [0.3, 0.4) is 0 Å². The van der Waals surface area contributed by atoms with Gasteiger partial charge < -0.3 is 9.30 Å². The molecular formula is C33H40N4O4. The lowest BCUT2D eigenvalue weighted by Gasteiger charge is -2.18. The van der Waals surface area contributed by atoms with Gasteiger partial charge in [-0.05, 0) is 42.2 Å². The van der Waals surface area contributed by atoms with Gasteiger partial charge in [-0.1, -0.05) is 82.0 Å². The molecule has 0 atom stereocenters. The molecule has 0 radical (unpaired) electrons. The topological polar surface area (TPSA) is 84.7 Å². The average Bonchev–Trinajstić information content (AvgIpc) is 3.47. The maximum Gasteiger partial charge on any atom is 0.337 e. The summed E-state index contributed by atoms with van der Waals surface area (Å²) in [5, 5.41) is 0. The van der Waals surface area contributed by atoms with E-state index < -0.39 is 0 Å². The molecule has 41 heavy (non-hydrogen) atoms. The van der Waals surface area contributed by atoms with Crippen LogP contribution in [0.4, 0.5) is 4.79 Å². The summed E-state index contributed by atoms with van der Waals surface area (Å²) in [6, 6.07) is 16.7. The van der Waals surface area contributed by atoms with Gasteiger partial charge in [-0.2, -0.15) is 0 Å². The lowest BCUT2D eigenvalue weighted by molar-refractivity contribution is -0.123. The maximum absolute atomic E-state index is 13.7. The van der Waals surface area contributed by atoms with E-state index in [1.54, 1.807) is 29.3 Å². The summed E-state index contributed by atoms with van der Waals surface area (Å²) in [4.78, 5) is 46.8. The van der Waals surface area contributed by atoms with Crippen LogP contribution in [0.25, 0.3) is 6.08 Å². The predicted molar refractivity (Wildman–Crippen MR) is 159 cm³/mol. The Bertz CT molecular complexity index is 1360. The van der Waals surface area contributed by atoms with Crippen molar-refractivity contribution >= 4 is 24.0 Å². The van der Waals surface area contributed by atoms with Crippen molar-refractivity contribution in [3.8, 4) is 0 Å². The van der Waals surface area contributed by atoms with E-state index in [1.807, 2.05) is 42.5 Å². The Morgan fingerprint density at radius 2 is 1.56 bits per heavy atom. The molecule has 2 aromatic carbocycles. The quantitative estimate of drug-likeness (QED) is 0.0987. The number of methoxy groups -OCH3 is 1. The van der Waals surface area contributed by atoms with Gasteiger partial charge >= 0.3 is 12.0 Å². The molecule has 0 bridgehead atoms. The van der Waals surface area contributed by atoms with E-state index >= 15 is 0 Å². The molecule has 8 heteroatoms. The molecule has 216 valence electrons. The Morgan fingerprint density at radius 3 is 2.24 bits per heavy atom. The van der Waals surface area contributed by atoms with Crippen molar-refractivity contribution in [2.45, 2.75) is 71.9 Å². The minimum atomic E-state index is -0.379. The first-order valence-corrected chi connectivity index (χ1v) is 14.6. The number of nitrogens with zero attached hydrogens (tertiary/aromatic N) is 4. The fourth-order valence-electron chi connectivity index (χ4n) is 4.99. The molecule has 3 amide bonds. The molecule has 0 unspecified atom stereocenters. The van der Waals surface area contributed by atoms with E-state index in [2.05, 4.69) is 18.4 Å². The average molecular weight is 557 g/mol. The number of carbonyl (C=O) groups is 3. The van der Waals surface area contributed by atoms with E-state index in [0.717, 1.165) is 67.6 Å². The highest BCUT2D eigenvalue weighted by Gasteiger charge is 2.40. The van der Waals surface area contributed by atoms with Crippen molar-refractivity contribution in [3.05, 3.63) is 94.7 Å². The Morgan fingerprint density at radius 1 is 0.854 bits per heavy atom. The molecule has 1 saturated heterocycles. The summed E-state index contributed by atoms with van der Waals surface area (Å²) in [6.45, 7) is 5.52. The third kappa shape index (κ3) is 7.31. The molecule has 3 aromatic rings. The molecule has 8 nitrogen and oxygen atoms in total. The second-order valence-electron chi connectivity index (χ2n) is 10.4. The van der Waals surface area contributed by atoms with E-state index in [-0.39, 0.29) is 17.9 Å². The van der Waals surface area contributed by atoms with Gasteiger partial charge in [0.1, 0.15) is 11.5 Å². The van der Waals surface area contributed by atoms with Crippen molar-refractivity contribution in [2.75, 3.05) is 13.7 Å². The number of aryl methyl sites for hydroxylation is 1. The van der Waals surface area contributed by atoms with E-state index in [9.17, 15) is 14.4 Å². The Kier molecular flexibility index (Phi) is 10.5. The SMILES string of the molecule is CCCCCCN1C(=O)/C(=C/c2cnc(CCCC)n2Cc2ccc(C(=O)OC)cc2)N(Cc2ccccc2)C1=O. The number of hydrogen-bond acceptors (Lipinski definition) is 5.